The zero-order valence-electron chi connectivity index (χ0n) is 16.1. The molecule has 9 heteroatoms. The van der Waals surface area contributed by atoms with Crippen LogP contribution in [0, 0.1) is 0 Å². The summed E-state index contributed by atoms with van der Waals surface area (Å²) in [6.07, 6.45) is 6.77. The first kappa shape index (κ1) is 18.9. The fourth-order valence-electron chi connectivity index (χ4n) is 4.13. The Balaban J connectivity index is 1.53. The Bertz CT molecular complexity index is 944. The molecule has 0 N–H and O–H groups in total. The third kappa shape index (κ3) is 3.04. The Morgan fingerprint density at radius 2 is 2.00 bits per heavy atom. The summed E-state index contributed by atoms with van der Waals surface area (Å²) in [6.45, 7) is 0.780. The molecule has 0 bridgehead atoms. The van der Waals surface area contributed by atoms with Crippen molar-refractivity contribution in [3.8, 4) is 5.88 Å². The van der Waals surface area contributed by atoms with Gasteiger partial charge in [0.15, 0.2) is 0 Å². The third-order valence-electron chi connectivity index (χ3n) is 6.07. The van der Waals surface area contributed by atoms with Crippen molar-refractivity contribution in [2.75, 3.05) is 12.0 Å². The van der Waals surface area contributed by atoms with E-state index in [1.165, 1.54) is 0 Å². The number of aromatic nitrogens is 3. The lowest BCUT2D eigenvalue weighted by atomic mass is 9.92. The van der Waals surface area contributed by atoms with Crippen molar-refractivity contribution in [2.45, 2.75) is 61.7 Å². The summed E-state index contributed by atoms with van der Waals surface area (Å²) in [4.78, 5) is 14.2. The number of rotatable bonds is 5. The molecule has 2 saturated carbocycles. The van der Waals surface area contributed by atoms with Crippen molar-refractivity contribution in [3.05, 3.63) is 35.9 Å². The third-order valence-corrected chi connectivity index (χ3v) is 6.68. The van der Waals surface area contributed by atoms with Gasteiger partial charge in [-0.05, 0) is 18.9 Å². The smallest absolute Gasteiger partial charge is 0.304 e. The summed E-state index contributed by atoms with van der Waals surface area (Å²) in [6, 6.07) is 3.44. The number of nitrogens with zero attached hydrogens (tertiary/aromatic N) is 4. The van der Waals surface area contributed by atoms with Gasteiger partial charge in [-0.2, -0.15) is 13.8 Å². The highest BCUT2D eigenvalue weighted by atomic mass is 35.5. The van der Waals surface area contributed by atoms with E-state index in [2.05, 4.69) is 15.0 Å². The van der Waals surface area contributed by atoms with Crippen molar-refractivity contribution in [3.63, 3.8) is 0 Å². The molecule has 1 unspecified atom stereocenters. The summed E-state index contributed by atoms with van der Waals surface area (Å²) in [5.41, 5.74) is 1.25. The minimum atomic E-state index is -3.21. The van der Waals surface area contributed by atoms with E-state index in [4.69, 9.17) is 21.1 Å². The fourth-order valence-corrected chi connectivity index (χ4v) is 4.67. The molecule has 5 rings (SSSR count). The van der Waals surface area contributed by atoms with Gasteiger partial charge in [-0.1, -0.05) is 11.6 Å². The molecule has 0 aromatic carbocycles. The van der Waals surface area contributed by atoms with E-state index in [-0.39, 0.29) is 23.5 Å². The molecule has 0 saturated heterocycles. The topological polar surface area (TPSA) is 60.4 Å². The predicted octanol–water partition coefficient (Wildman–Crippen LogP) is 4.29. The first-order valence-corrected chi connectivity index (χ1v) is 10.1. The van der Waals surface area contributed by atoms with E-state index < -0.39 is 17.2 Å². The lowest BCUT2D eigenvalue weighted by molar-refractivity contribution is -0.0408. The Labute approximate surface area is 172 Å². The van der Waals surface area contributed by atoms with Crippen LogP contribution in [0.25, 0.3) is 0 Å². The summed E-state index contributed by atoms with van der Waals surface area (Å²) >= 11 is 6.83. The van der Waals surface area contributed by atoms with E-state index in [1.807, 2.05) is 12.3 Å². The van der Waals surface area contributed by atoms with E-state index in [1.54, 1.807) is 24.3 Å². The van der Waals surface area contributed by atoms with Crippen molar-refractivity contribution in [2.24, 2.45) is 0 Å². The molecule has 2 fully saturated rings. The molecule has 0 radical (unpaired) electrons. The molecule has 6 nitrogen and oxygen atoms in total. The number of hydrogen-bond donors (Lipinski definition) is 0. The number of ether oxygens (including phenoxy) is 2. The van der Waals surface area contributed by atoms with E-state index in [0.29, 0.717) is 18.7 Å². The van der Waals surface area contributed by atoms with Crippen LogP contribution in [0.15, 0.2) is 24.5 Å². The summed E-state index contributed by atoms with van der Waals surface area (Å²) in [5.74, 6) is -3.35. The van der Waals surface area contributed by atoms with Gasteiger partial charge in [0, 0.05) is 56.3 Å². The van der Waals surface area contributed by atoms with Gasteiger partial charge in [-0.25, -0.2) is 4.98 Å². The summed E-state index contributed by atoms with van der Waals surface area (Å²) in [7, 11) is 1.65. The predicted molar refractivity (Wildman–Crippen MR) is 103 cm³/mol. The van der Waals surface area contributed by atoms with Gasteiger partial charge in [0.05, 0.1) is 11.8 Å². The average Bonchev–Trinajstić information content (AvgIpc) is 3.41. The van der Waals surface area contributed by atoms with Crippen LogP contribution in [0.4, 0.5) is 20.3 Å². The zero-order valence-corrected chi connectivity index (χ0v) is 16.9. The lowest BCUT2D eigenvalue weighted by Crippen LogP contribution is -2.39. The largest absolute Gasteiger partial charge is 0.474 e. The molecular weight excluding hydrogens is 402 g/mol. The van der Waals surface area contributed by atoms with Crippen molar-refractivity contribution in [1.29, 1.82) is 0 Å². The maximum absolute atomic E-state index is 14.1. The monoisotopic (exact) mass is 422 g/mol. The number of hydrogen-bond acceptors (Lipinski definition) is 6. The Kier molecular flexibility index (Phi) is 4.22. The van der Waals surface area contributed by atoms with Crippen molar-refractivity contribution >= 4 is 23.1 Å². The lowest BCUT2D eigenvalue weighted by Gasteiger charge is -2.34. The van der Waals surface area contributed by atoms with Crippen LogP contribution in [0.3, 0.4) is 0 Å². The highest BCUT2D eigenvalue weighted by Crippen LogP contribution is 2.62. The van der Waals surface area contributed by atoms with Gasteiger partial charge in [0.2, 0.25) is 11.7 Å². The van der Waals surface area contributed by atoms with Gasteiger partial charge >= 0.3 is 5.92 Å². The Morgan fingerprint density at radius 1 is 1.24 bits per heavy atom. The number of methoxy groups -OCH3 is 1. The molecular formula is C20H21ClF2N4O2. The first-order chi connectivity index (χ1) is 13.8. The average molecular weight is 423 g/mol. The van der Waals surface area contributed by atoms with Crippen LogP contribution >= 0.6 is 11.6 Å². The number of fused-ring (bicyclic) bond motifs is 2. The van der Waals surface area contributed by atoms with Crippen molar-refractivity contribution < 1.29 is 18.3 Å². The maximum Gasteiger partial charge on any atom is 0.304 e. The second-order valence-corrected chi connectivity index (χ2v) is 8.51. The Hall–Kier alpha value is -2.06. The maximum atomic E-state index is 14.1. The quantitative estimate of drug-likeness (QED) is 0.529. The van der Waals surface area contributed by atoms with Crippen molar-refractivity contribution in [1.82, 2.24) is 15.0 Å². The van der Waals surface area contributed by atoms with Crippen LogP contribution in [0.2, 0.25) is 0 Å². The normalized spacial score (nSPS) is 26.9. The molecule has 2 aromatic heterocycles. The summed E-state index contributed by atoms with van der Waals surface area (Å²) in [5, 5.41) is 0. The van der Waals surface area contributed by atoms with E-state index >= 15 is 0 Å². The van der Waals surface area contributed by atoms with Gasteiger partial charge < -0.3 is 14.4 Å². The molecule has 1 atom stereocenters. The SMILES string of the molecule is COC1CC(Oc2cc(N3c4ccncc4C4(CC4)C3Cl)nc(C(C)(F)F)n2)C1. The van der Waals surface area contributed by atoms with Gasteiger partial charge in [-0.15, -0.1) is 0 Å². The molecule has 3 heterocycles. The van der Waals surface area contributed by atoms with Gasteiger partial charge in [0.25, 0.3) is 0 Å². The minimum Gasteiger partial charge on any atom is -0.474 e. The molecule has 1 aliphatic heterocycles. The Morgan fingerprint density at radius 3 is 2.66 bits per heavy atom. The molecule has 3 aliphatic rings. The number of pyridine rings is 1. The molecule has 1 spiro atoms. The second-order valence-electron chi connectivity index (χ2n) is 8.10. The van der Waals surface area contributed by atoms with Crippen LogP contribution < -0.4 is 9.64 Å². The fraction of sp³-hybridized carbons (Fsp3) is 0.550. The van der Waals surface area contributed by atoms with Crippen LogP contribution in [-0.4, -0.2) is 39.8 Å². The van der Waals surface area contributed by atoms with Crippen LogP contribution in [0.5, 0.6) is 5.88 Å². The molecule has 2 aliphatic carbocycles. The standard InChI is InChI=1S/C20H21ClF2N4O2/c1-19(22,23)18-25-15(9-16(26-18)29-12-7-11(8-12)28-2)27-14-3-6-24-10-13(14)20(4-5-20)17(27)21/h3,6,9-12,17H,4-5,7-8H2,1-2H3. The zero-order chi connectivity index (χ0) is 20.4. The van der Waals surface area contributed by atoms with E-state index in [0.717, 1.165) is 31.0 Å². The van der Waals surface area contributed by atoms with Gasteiger partial charge in [-0.3, -0.25) is 4.98 Å². The number of halogens is 3. The first-order valence-electron chi connectivity index (χ1n) is 9.66. The molecule has 29 heavy (non-hydrogen) atoms. The van der Waals surface area contributed by atoms with Crippen LogP contribution in [0.1, 0.15) is 44.0 Å². The molecule has 2 aromatic rings. The number of alkyl halides is 3. The van der Waals surface area contributed by atoms with E-state index in [9.17, 15) is 8.78 Å². The van der Waals surface area contributed by atoms with Crippen LogP contribution in [-0.2, 0) is 16.1 Å². The van der Waals surface area contributed by atoms with Gasteiger partial charge in [0.1, 0.15) is 17.4 Å². The summed E-state index contributed by atoms with van der Waals surface area (Å²) < 4.78 is 39.4. The second kappa shape index (κ2) is 6.47. The highest BCUT2D eigenvalue weighted by Gasteiger charge is 2.59. The number of anilines is 2. The highest BCUT2D eigenvalue weighted by molar-refractivity contribution is 6.24. The molecule has 154 valence electrons. The molecule has 0 amide bonds. The minimum absolute atomic E-state index is 0.113.